The lowest BCUT2D eigenvalue weighted by molar-refractivity contribution is -0.129. The van der Waals surface area contributed by atoms with E-state index in [1.165, 1.54) is 0 Å². The van der Waals surface area contributed by atoms with E-state index in [4.69, 9.17) is 4.74 Å². The lowest BCUT2D eigenvalue weighted by atomic mass is 9.74. The lowest BCUT2D eigenvalue weighted by Crippen LogP contribution is -2.42. The number of carbonyl (C=O) groups excluding carboxylic acids is 2. The number of rotatable bonds is 7. The summed E-state index contributed by atoms with van der Waals surface area (Å²) in [7, 11) is 1.57. The minimum Gasteiger partial charge on any atom is -0.383 e. The van der Waals surface area contributed by atoms with Gasteiger partial charge in [0.1, 0.15) is 5.41 Å². The van der Waals surface area contributed by atoms with E-state index in [0.717, 1.165) is 19.3 Å². The zero-order chi connectivity index (χ0) is 14.8. The molecule has 0 aliphatic heterocycles. The predicted octanol–water partition coefficient (Wildman–Crippen LogP) is 0.729. The fourth-order valence-electron chi connectivity index (χ4n) is 2.38. The van der Waals surface area contributed by atoms with Gasteiger partial charge in [-0.1, -0.05) is 19.3 Å². The summed E-state index contributed by atoms with van der Waals surface area (Å²) in [6, 6.07) is 2.17. The van der Waals surface area contributed by atoms with E-state index in [1.54, 1.807) is 7.11 Å². The Morgan fingerprint density at radius 2 is 1.90 bits per heavy atom. The molecule has 2 amide bonds. The van der Waals surface area contributed by atoms with Crippen molar-refractivity contribution in [3.8, 4) is 6.07 Å². The third-order valence-corrected chi connectivity index (χ3v) is 3.62. The van der Waals surface area contributed by atoms with Gasteiger partial charge < -0.3 is 15.4 Å². The number of methoxy groups -OCH3 is 1. The molecule has 1 aliphatic rings. The molecule has 2 N–H and O–H groups in total. The molecule has 112 valence electrons. The number of nitrogens with zero attached hydrogens (tertiary/aromatic N) is 1. The number of ether oxygens (including phenoxy) is 1. The second kappa shape index (κ2) is 8.54. The molecule has 1 saturated carbocycles. The molecule has 6 heteroatoms. The molecule has 1 rings (SSSR count). The fraction of sp³-hybridized carbons (Fsp3) is 0.786. The van der Waals surface area contributed by atoms with Crippen molar-refractivity contribution in [3.63, 3.8) is 0 Å². The van der Waals surface area contributed by atoms with Crippen molar-refractivity contribution in [1.29, 1.82) is 5.26 Å². The molecule has 0 aromatic rings. The van der Waals surface area contributed by atoms with E-state index in [2.05, 4.69) is 16.7 Å². The van der Waals surface area contributed by atoms with Gasteiger partial charge in [-0.3, -0.25) is 9.59 Å². The third kappa shape index (κ3) is 4.82. The predicted molar refractivity (Wildman–Crippen MR) is 73.6 cm³/mol. The molecule has 0 atom stereocenters. The van der Waals surface area contributed by atoms with Crippen LogP contribution in [0.25, 0.3) is 0 Å². The van der Waals surface area contributed by atoms with Crippen LogP contribution in [0.15, 0.2) is 0 Å². The third-order valence-electron chi connectivity index (χ3n) is 3.62. The van der Waals surface area contributed by atoms with Crippen molar-refractivity contribution in [1.82, 2.24) is 10.6 Å². The summed E-state index contributed by atoms with van der Waals surface area (Å²) in [4.78, 5) is 23.5. The Morgan fingerprint density at radius 1 is 1.20 bits per heavy atom. The van der Waals surface area contributed by atoms with Gasteiger partial charge in [0, 0.05) is 26.6 Å². The van der Waals surface area contributed by atoms with Gasteiger partial charge in [-0.05, 0) is 12.8 Å². The van der Waals surface area contributed by atoms with E-state index in [9.17, 15) is 14.9 Å². The highest BCUT2D eigenvalue weighted by Crippen LogP contribution is 2.35. The van der Waals surface area contributed by atoms with E-state index in [0.29, 0.717) is 26.0 Å². The summed E-state index contributed by atoms with van der Waals surface area (Å²) >= 11 is 0. The van der Waals surface area contributed by atoms with Gasteiger partial charge in [0.2, 0.25) is 11.8 Å². The molecular weight excluding hydrogens is 258 g/mol. The van der Waals surface area contributed by atoms with Gasteiger partial charge >= 0.3 is 0 Å². The second-order valence-electron chi connectivity index (χ2n) is 5.10. The smallest absolute Gasteiger partial charge is 0.240 e. The Morgan fingerprint density at radius 3 is 2.50 bits per heavy atom. The summed E-state index contributed by atoms with van der Waals surface area (Å²) in [5.41, 5.74) is -0.884. The van der Waals surface area contributed by atoms with Crippen molar-refractivity contribution in [2.45, 2.75) is 38.5 Å². The van der Waals surface area contributed by atoms with Crippen LogP contribution in [0, 0.1) is 16.7 Å². The van der Waals surface area contributed by atoms with Crippen LogP contribution in [-0.4, -0.2) is 38.6 Å². The van der Waals surface area contributed by atoms with Crippen molar-refractivity contribution in [2.75, 3.05) is 26.8 Å². The zero-order valence-corrected chi connectivity index (χ0v) is 12.0. The number of amides is 2. The average Bonchev–Trinajstić information content (AvgIpc) is 2.48. The van der Waals surface area contributed by atoms with E-state index < -0.39 is 5.41 Å². The van der Waals surface area contributed by atoms with E-state index in [-0.39, 0.29) is 24.8 Å². The van der Waals surface area contributed by atoms with Crippen molar-refractivity contribution in [2.24, 2.45) is 5.41 Å². The van der Waals surface area contributed by atoms with Crippen LogP contribution in [0.2, 0.25) is 0 Å². The second-order valence-corrected chi connectivity index (χ2v) is 5.10. The highest BCUT2D eigenvalue weighted by Gasteiger charge is 2.39. The van der Waals surface area contributed by atoms with Gasteiger partial charge in [0.15, 0.2) is 0 Å². The number of nitriles is 1. The van der Waals surface area contributed by atoms with Gasteiger partial charge in [-0.25, -0.2) is 0 Å². The summed E-state index contributed by atoms with van der Waals surface area (Å²) < 4.78 is 4.82. The molecule has 6 nitrogen and oxygen atoms in total. The van der Waals surface area contributed by atoms with Gasteiger partial charge in [-0.15, -0.1) is 0 Å². The maximum Gasteiger partial charge on any atom is 0.240 e. The number of carbonyl (C=O) groups is 2. The largest absolute Gasteiger partial charge is 0.383 e. The molecule has 1 fully saturated rings. The number of hydrogen-bond acceptors (Lipinski definition) is 4. The van der Waals surface area contributed by atoms with Crippen LogP contribution in [0.4, 0.5) is 0 Å². The molecule has 0 saturated heterocycles. The maximum atomic E-state index is 12.1. The Kier molecular flexibility index (Phi) is 7.02. The maximum absolute atomic E-state index is 12.1. The Hall–Kier alpha value is -1.61. The minimum absolute atomic E-state index is 0.128. The zero-order valence-electron chi connectivity index (χ0n) is 12.0. The first kappa shape index (κ1) is 16.4. The molecule has 0 radical (unpaired) electrons. The van der Waals surface area contributed by atoms with Crippen LogP contribution in [0.5, 0.6) is 0 Å². The summed E-state index contributed by atoms with van der Waals surface area (Å²) in [5.74, 6) is -0.360. The first-order chi connectivity index (χ1) is 9.64. The quantitative estimate of drug-likeness (QED) is 0.673. The number of nitrogens with one attached hydrogen (secondary N) is 2. The lowest BCUT2D eigenvalue weighted by Gasteiger charge is -2.29. The monoisotopic (exact) mass is 281 g/mol. The van der Waals surface area contributed by atoms with Crippen LogP contribution < -0.4 is 10.6 Å². The molecule has 0 bridgehead atoms. The van der Waals surface area contributed by atoms with E-state index >= 15 is 0 Å². The Labute approximate surface area is 119 Å². The number of hydrogen-bond donors (Lipinski definition) is 2. The molecular formula is C14H23N3O3. The van der Waals surface area contributed by atoms with Crippen LogP contribution in [0.1, 0.15) is 38.5 Å². The first-order valence-corrected chi connectivity index (χ1v) is 7.10. The molecule has 1 aliphatic carbocycles. The molecule has 0 unspecified atom stereocenters. The first-order valence-electron chi connectivity index (χ1n) is 7.10. The van der Waals surface area contributed by atoms with Crippen molar-refractivity contribution in [3.05, 3.63) is 0 Å². The van der Waals surface area contributed by atoms with Crippen LogP contribution in [-0.2, 0) is 14.3 Å². The Bertz CT molecular complexity index is 370. The topological polar surface area (TPSA) is 91.2 Å². The van der Waals surface area contributed by atoms with Crippen molar-refractivity contribution >= 4 is 11.8 Å². The highest BCUT2D eigenvalue weighted by molar-refractivity contribution is 5.86. The van der Waals surface area contributed by atoms with Gasteiger partial charge in [-0.2, -0.15) is 5.26 Å². The highest BCUT2D eigenvalue weighted by atomic mass is 16.5. The summed E-state index contributed by atoms with van der Waals surface area (Å²) in [5, 5.41) is 14.7. The molecule has 0 spiro atoms. The summed E-state index contributed by atoms with van der Waals surface area (Å²) in [6.07, 6.45) is 4.37. The van der Waals surface area contributed by atoms with Crippen LogP contribution in [0.3, 0.4) is 0 Å². The summed E-state index contributed by atoms with van der Waals surface area (Å²) in [6.45, 7) is 1.20. The van der Waals surface area contributed by atoms with Gasteiger partial charge in [0.05, 0.1) is 12.7 Å². The SMILES string of the molecule is COCCNC(=O)CCNC(=O)C1(C#N)CCCCC1. The average molecular weight is 281 g/mol. The fourth-order valence-corrected chi connectivity index (χ4v) is 2.38. The standard InChI is InChI=1S/C14H23N3O3/c1-20-10-9-16-12(18)5-8-17-13(19)14(11-15)6-3-2-4-7-14/h2-10H2,1H3,(H,16,18)(H,17,19). The van der Waals surface area contributed by atoms with Gasteiger partial charge in [0.25, 0.3) is 0 Å². The molecule has 0 aromatic heterocycles. The van der Waals surface area contributed by atoms with E-state index in [1.807, 2.05) is 0 Å². The minimum atomic E-state index is -0.884. The normalized spacial score (nSPS) is 17.0. The van der Waals surface area contributed by atoms with Crippen LogP contribution >= 0.6 is 0 Å². The molecule has 20 heavy (non-hydrogen) atoms. The Balaban J connectivity index is 2.28. The van der Waals surface area contributed by atoms with Crippen molar-refractivity contribution < 1.29 is 14.3 Å². The molecule has 0 heterocycles. The molecule has 0 aromatic carbocycles.